The number of rotatable bonds is 4. The highest BCUT2D eigenvalue weighted by Gasteiger charge is 2.30. The van der Waals surface area contributed by atoms with E-state index in [0.717, 1.165) is 18.2 Å². The zero-order chi connectivity index (χ0) is 19.1. The summed E-state index contributed by atoms with van der Waals surface area (Å²) in [5.74, 6) is 0. The molecule has 3 rings (SSSR count). The van der Waals surface area contributed by atoms with Crippen molar-refractivity contribution in [2.75, 3.05) is 20.1 Å². The summed E-state index contributed by atoms with van der Waals surface area (Å²) in [7, 11) is 2.23. The van der Waals surface area contributed by atoms with E-state index in [4.69, 9.17) is 12.2 Å². The molecule has 4 heteroatoms. The van der Waals surface area contributed by atoms with Crippen LogP contribution in [0.25, 0.3) is 0 Å². The molecular weight excluding hydrogens is 350 g/mol. The van der Waals surface area contributed by atoms with Crippen molar-refractivity contribution in [1.82, 2.24) is 15.1 Å². The van der Waals surface area contributed by atoms with Gasteiger partial charge in [-0.1, -0.05) is 62.4 Å². The smallest absolute Gasteiger partial charge is 0.169 e. The van der Waals surface area contributed by atoms with E-state index in [1.165, 1.54) is 63.4 Å². The molecule has 2 aliphatic rings. The lowest BCUT2D eigenvalue weighted by atomic mass is 9.96. The van der Waals surface area contributed by atoms with Crippen LogP contribution in [0, 0.1) is 0 Å². The quantitative estimate of drug-likeness (QED) is 0.722. The number of benzene rings is 1. The van der Waals surface area contributed by atoms with Crippen molar-refractivity contribution in [2.24, 2.45) is 0 Å². The third-order valence-electron chi connectivity index (χ3n) is 6.45. The lowest BCUT2D eigenvalue weighted by molar-refractivity contribution is 0.148. The predicted molar refractivity (Wildman–Crippen MR) is 119 cm³/mol. The van der Waals surface area contributed by atoms with Crippen LogP contribution in [0.5, 0.6) is 0 Å². The highest BCUT2D eigenvalue weighted by atomic mass is 32.1. The van der Waals surface area contributed by atoms with Gasteiger partial charge in [-0.15, -0.1) is 0 Å². The molecule has 1 saturated carbocycles. The fourth-order valence-electron chi connectivity index (χ4n) is 4.67. The number of likely N-dealkylation sites (tertiary alicyclic amines) is 1. The van der Waals surface area contributed by atoms with Crippen molar-refractivity contribution < 1.29 is 0 Å². The summed E-state index contributed by atoms with van der Waals surface area (Å²) in [4.78, 5) is 4.96. The van der Waals surface area contributed by atoms with Crippen LogP contribution in [0.15, 0.2) is 30.3 Å². The van der Waals surface area contributed by atoms with Gasteiger partial charge in [0.05, 0.1) is 6.04 Å². The van der Waals surface area contributed by atoms with E-state index in [-0.39, 0.29) is 0 Å². The third-order valence-corrected chi connectivity index (χ3v) is 6.78. The summed E-state index contributed by atoms with van der Waals surface area (Å²) in [6, 6.07) is 12.3. The normalized spacial score (nSPS) is 21.9. The minimum absolute atomic E-state index is 0.313. The highest BCUT2D eigenvalue weighted by molar-refractivity contribution is 7.80. The highest BCUT2D eigenvalue weighted by Crippen LogP contribution is 2.28. The lowest BCUT2D eigenvalue weighted by Gasteiger charge is -2.43. The molecule has 1 aliphatic carbocycles. The maximum absolute atomic E-state index is 6.02. The first-order valence-corrected chi connectivity index (χ1v) is 11.4. The van der Waals surface area contributed by atoms with E-state index >= 15 is 0 Å². The van der Waals surface area contributed by atoms with E-state index in [0.29, 0.717) is 18.1 Å². The van der Waals surface area contributed by atoms with Gasteiger partial charge in [0.25, 0.3) is 0 Å². The van der Waals surface area contributed by atoms with Gasteiger partial charge in [-0.05, 0) is 70.5 Å². The molecule has 2 fully saturated rings. The van der Waals surface area contributed by atoms with Crippen LogP contribution < -0.4 is 5.32 Å². The van der Waals surface area contributed by atoms with Gasteiger partial charge < -0.3 is 15.1 Å². The van der Waals surface area contributed by atoms with Crippen LogP contribution in [0.2, 0.25) is 0 Å². The van der Waals surface area contributed by atoms with Crippen molar-refractivity contribution in [3.05, 3.63) is 35.9 Å². The van der Waals surface area contributed by atoms with Crippen LogP contribution in [0.3, 0.4) is 0 Å². The van der Waals surface area contributed by atoms with Crippen molar-refractivity contribution >= 4 is 17.3 Å². The Morgan fingerprint density at radius 3 is 2.22 bits per heavy atom. The van der Waals surface area contributed by atoms with Crippen molar-refractivity contribution in [3.63, 3.8) is 0 Å². The topological polar surface area (TPSA) is 18.5 Å². The van der Waals surface area contributed by atoms with Gasteiger partial charge in [-0.25, -0.2) is 0 Å². The molecule has 27 heavy (non-hydrogen) atoms. The van der Waals surface area contributed by atoms with Gasteiger partial charge in [0.15, 0.2) is 5.11 Å². The van der Waals surface area contributed by atoms with E-state index in [1.54, 1.807) is 0 Å². The Hall–Kier alpha value is -1.13. The number of hydrogen-bond acceptors (Lipinski definition) is 2. The second-order valence-corrected chi connectivity index (χ2v) is 8.91. The molecule has 0 bridgehead atoms. The van der Waals surface area contributed by atoms with Gasteiger partial charge in [0.1, 0.15) is 0 Å². The summed E-state index contributed by atoms with van der Waals surface area (Å²) < 4.78 is 0. The minimum Gasteiger partial charge on any atom is -0.360 e. The molecule has 1 N–H and O–H groups in total. The Balaban J connectivity index is 1.72. The molecule has 3 nitrogen and oxygen atoms in total. The average molecular weight is 388 g/mol. The molecule has 1 unspecified atom stereocenters. The first kappa shape index (κ1) is 20.6. The summed E-state index contributed by atoms with van der Waals surface area (Å²) in [5.41, 5.74) is 1.36. The zero-order valence-corrected chi connectivity index (χ0v) is 18.0. The van der Waals surface area contributed by atoms with Crippen LogP contribution >= 0.6 is 12.2 Å². The zero-order valence-electron chi connectivity index (χ0n) is 17.2. The standard InChI is InChI=1S/C23H37N3S/c1-19(20-11-7-6-8-12-20)26(22-15-17-25(2)18-16-22)23(27)24-21-13-9-4-3-5-10-14-21/h6-8,11-12,19,21-22H,3-5,9-10,13-18H2,1-2H3,(H,24,27). The molecule has 1 aromatic rings. The number of nitrogens with one attached hydrogen (secondary N) is 1. The molecule has 0 spiro atoms. The molecule has 0 amide bonds. The number of piperidine rings is 1. The second kappa shape index (κ2) is 10.4. The number of thiocarbonyl (C=S) groups is 1. The van der Waals surface area contributed by atoms with Crippen molar-refractivity contribution in [2.45, 2.75) is 82.8 Å². The fraction of sp³-hybridized carbons (Fsp3) is 0.696. The molecule has 1 aromatic carbocycles. The number of hydrogen-bond donors (Lipinski definition) is 1. The Bertz CT molecular complexity index is 560. The molecular formula is C23H37N3S. The largest absolute Gasteiger partial charge is 0.360 e. The van der Waals surface area contributed by atoms with Gasteiger partial charge in [0, 0.05) is 12.1 Å². The number of nitrogens with zero attached hydrogens (tertiary/aromatic N) is 2. The minimum atomic E-state index is 0.313. The van der Waals surface area contributed by atoms with Crippen LogP contribution in [0.4, 0.5) is 0 Å². The van der Waals surface area contributed by atoms with Crippen molar-refractivity contribution in [3.8, 4) is 0 Å². The van der Waals surface area contributed by atoms with Crippen LogP contribution in [-0.4, -0.2) is 47.1 Å². The first-order valence-electron chi connectivity index (χ1n) is 11.0. The Labute approximate surface area is 171 Å². The first-order chi connectivity index (χ1) is 13.1. The Kier molecular flexibility index (Phi) is 7.95. The predicted octanol–water partition coefficient (Wildman–Crippen LogP) is 5.13. The van der Waals surface area contributed by atoms with Gasteiger partial charge >= 0.3 is 0 Å². The Morgan fingerprint density at radius 1 is 1.00 bits per heavy atom. The van der Waals surface area contributed by atoms with E-state index in [9.17, 15) is 0 Å². The van der Waals surface area contributed by atoms with Crippen LogP contribution in [0.1, 0.15) is 76.3 Å². The molecule has 1 atom stereocenters. The van der Waals surface area contributed by atoms with Gasteiger partial charge in [-0.3, -0.25) is 0 Å². The molecule has 0 radical (unpaired) electrons. The summed E-state index contributed by atoms with van der Waals surface area (Å²) in [6.07, 6.45) is 11.8. The lowest BCUT2D eigenvalue weighted by Crippen LogP contribution is -2.53. The summed E-state index contributed by atoms with van der Waals surface area (Å²) in [5, 5.41) is 4.77. The average Bonchev–Trinajstić information content (AvgIpc) is 2.66. The molecule has 1 aliphatic heterocycles. The monoisotopic (exact) mass is 387 g/mol. The maximum Gasteiger partial charge on any atom is 0.169 e. The SMILES string of the molecule is CC(c1ccccc1)N(C(=S)NC1CCCCCCC1)C1CCN(C)CC1. The third kappa shape index (κ3) is 5.92. The summed E-state index contributed by atoms with van der Waals surface area (Å²) >= 11 is 6.02. The summed E-state index contributed by atoms with van der Waals surface area (Å²) in [6.45, 7) is 4.64. The van der Waals surface area contributed by atoms with E-state index in [2.05, 4.69) is 59.4 Å². The van der Waals surface area contributed by atoms with Crippen molar-refractivity contribution in [1.29, 1.82) is 0 Å². The molecule has 1 heterocycles. The van der Waals surface area contributed by atoms with E-state index in [1.807, 2.05) is 0 Å². The van der Waals surface area contributed by atoms with E-state index < -0.39 is 0 Å². The molecule has 150 valence electrons. The Morgan fingerprint density at radius 2 is 1.59 bits per heavy atom. The van der Waals surface area contributed by atoms with Gasteiger partial charge in [-0.2, -0.15) is 0 Å². The fourth-order valence-corrected chi connectivity index (χ4v) is 5.15. The maximum atomic E-state index is 6.02. The van der Waals surface area contributed by atoms with Gasteiger partial charge in [0.2, 0.25) is 0 Å². The molecule has 0 aromatic heterocycles. The second-order valence-electron chi connectivity index (χ2n) is 8.52. The molecule has 1 saturated heterocycles. The van der Waals surface area contributed by atoms with Crippen LogP contribution in [-0.2, 0) is 0 Å².